The Morgan fingerprint density at radius 1 is 1.16 bits per heavy atom. The van der Waals surface area contributed by atoms with E-state index in [-0.39, 0.29) is 5.56 Å². The highest BCUT2D eigenvalue weighted by atomic mass is 32.1. The fourth-order valence-electron chi connectivity index (χ4n) is 2.16. The summed E-state index contributed by atoms with van der Waals surface area (Å²) < 4.78 is 13.5. The van der Waals surface area contributed by atoms with E-state index in [1.165, 1.54) is 25.0 Å². The van der Waals surface area contributed by atoms with Gasteiger partial charge in [0, 0.05) is 13.1 Å². The number of hydrogen-bond acceptors (Lipinski definition) is 2. The van der Waals surface area contributed by atoms with Gasteiger partial charge in [0.15, 0.2) is 5.11 Å². The van der Waals surface area contributed by atoms with Crippen molar-refractivity contribution < 1.29 is 9.18 Å². The van der Waals surface area contributed by atoms with E-state index in [1.54, 1.807) is 12.1 Å². The minimum atomic E-state index is -0.529. The zero-order chi connectivity index (χ0) is 13.7. The van der Waals surface area contributed by atoms with Crippen molar-refractivity contribution in [2.45, 2.75) is 25.7 Å². The summed E-state index contributed by atoms with van der Waals surface area (Å²) in [5.41, 5.74) is 0.0275. The number of amides is 1. The molecule has 0 radical (unpaired) electrons. The average molecular weight is 280 g/mol. The van der Waals surface area contributed by atoms with E-state index in [9.17, 15) is 9.18 Å². The largest absolute Gasteiger partial charge is 0.349 e. The first-order chi connectivity index (χ1) is 9.18. The van der Waals surface area contributed by atoms with E-state index in [0.29, 0.717) is 5.11 Å². The van der Waals surface area contributed by atoms with Gasteiger partial charge in [-0.1, -0.05) is 25.0 Å². The molecule has 1 aliphatic heterocycles. The molecule has 0 atom stereocenters. The zero-order valence-corrected chi connectivity index (χ0v) is 11.5. The highest BCUT2D eigenvalue weighted by molar-refractivity contribution is 7.80. The van der Waals surface area contributed by atoms with Gasteiger partial charge in [0.2, 0.25) is 0 Å². The molecule has 1 fully saturated rings. The summed E-state index contributed by atoms with van der Waals surface area (Å²) in [4.78, 5) is 13.9. The van der Waals surface area contributed by atoms with E-state index in [0.717, 1.165) is 25.9 Å². The topological polar surface area (TPSA) is 32.3 Å². The molecule has 1 aromatic rings. The molecule has 1 aromatic carbocycles. The first-order valence-electron chi connectivity index (χ1n) is 6.53. The van der Waals surface area contributed by atoms with Crippen LogP contribution in [-0.4, -0.2) is 29.0 Å². The number of carbonyl (C=O) groups is 1. The maximum atomic E-state index is 13.5. The van der Waals surface area contributed by atoms with Crippen molar-refractivity contribution in [3.63, 3.8) is 0 Å². The SMILES string of the molecule is O=C(NC(=S)N1CCCCCC1)c1ccccc1F. The van der Waals surface area contributed by atoms with E-state index < -0.39 is 11.7 Å². The van der Waals surface area contributed by atoms with Crippen LogP contribution in [0.15, 0.2) is 24.3 Å². The van der Waals surface area contributed by atoms with Crippen molar-refractivity contribution in [1.82, 2.24) is 10.2 Å². The van der Waals surface area contributed by atoms with E-state index in [4.69, 9.17) is 12.2 Å². The second kappa shape index (κ2) is 6.61. The summed E-state index contributed by atoms with van der Waals surface area (Å²) in [6.45, 7) is 1.72. The van der Waals surface area contributed by atoms with Gasteiger partial charge < -0.3 is 4.90 Å². The number of benzene rings is 1. The lowest BCUT2D eigenvalue weighted by atomic mass is 10.2. The van der Waals surface area contributed by atoms with Gasteiger partial charge in [-0.3, -0.25) is 10.1 Å². The van der Waals surface area contributed by atoms with Crippen molar-refractivity contribution in [2.24, 2.45) is 0 Å². The summed E-state index contributed by atoms with van der Waals surface area (Å²) in [5.74, 6) is -1.01. The number of nitrogens with zero attached hydrogens (tertiary/aromatic N) is 1. The second-order valence-corrected chi connectivity index (χ2v) is 5.03. The molecule has 0 unspecified atom stereocenters. The Labute approximate surface area is 117 Å². The third kappa shape index (κ3) is 3.73. The molecule has 1 aliphatic rings. The Balaban J connectivity index is 1.98. The molecule has 0 aliphatic carbocycles. The van der Waals surface area contributed by atoms with Gasteiger partial charge in [-0.25, -0.2) is 4.39 Å². The average Bonchev–Trinajstić information content (AvgIpc) is 2.68. The molecule has 0 aromatic heterocycles. The van der Waals surface area contributed by atoms with Crippen molar-refractivity contribution in [1.29, 1.82) is 0 Å². The monoisotopic (exact) mass is 280 g/mol. The fourth-order valence-corrected chi connectivity index (χ4v) is 2.44. The first-order valence-corrected chi connectivity index (χ1v) is 6.94. The molecular weight excluding hydrogens is 263 g/mol. The number of nitrogens with one attached hydrogen (secondary N) is 1. The molecule has 1 amide bonds. The quantitative estimate of drug-likeness (QED) is 0.803. The number of rotatable bonds is 1. The minimum absolute atomic E-state index is 0.0275. The normalized spacial score (nSPS) is 15.7. The third-order valence-corrected chi connectivity index (χ3v) is 3.59. The van der Waals surface area contributed by atoms with Crippen LogP contribution < -0.4 is 5.32 Å². The standard InChI is InChI=1S/C14H17FN2OS/c15-12-8-4-3-7-11(12)13(18)16-14(19)17-9-5-1-2-6-10-17/h3-4,7-8H,1-2,5-6,9-10H2,(H,16,18,19). The highest BCUT2D eigenvalue weighted by Gasteiger charge is 2.17. The number of hydrogen-bond donors (Lipinski definition) is 1. The Morgan fingerprint density at radius 3 is 2.42 bits per heavy atom. The summed E-state index contributed by atoms with van der Waals surface area (Å²) in [5, 5.41) is 3.01. The maximum absolute atomic E-state index is 13.5. The summed E-state index contributed by atoms with van der Waals surface area (Å²) in [6, 6.07) is 5.91. The highest BCUT2D eigenvalue weighted by Crippen LogP contribution is 2.10. The number of halogens is 1. The minimum Gasteiger partial charge on any atom is -0.349 e. The lowest BCUT2D eigenvalue weighted by molar-refractivity contribution is 0.0969. The van der Waals surface area contributed by atoms with Gasteiger partial charge in [-0.05, 0) is 37.2 Å². The maximum Gasteiger partial charge on any atom is 0.260 e. The second-order valence-electron chi connectivity index (χ2n) is 4.64. The van der Waals surface area contributed by atoms with Gasteiger partial charge in [0.25, 0.3) is 5.91 Å². The fraction of sp³-hybridized carbons (Fsp3) is 0.429. The number of likely N-dealkylation sites (tertiary alicyclic amines) is 1. The number of carbonyl (C=O) groups excluding carboxylic acids is 1. The van der Waals surface area contributed by atoms with Crippen LogP contribution in [0.5, 0.6) is 0 Å². The van der Waals surface area contributed by atoms with E-state index in [2.05, 4.69) is 5.32 Å². The number of thiocarbonyl (C=S) groups is 1. The van der Waals surface area contributed by atoms with Crippen LogP contribution >= 0.6 is 12.2 Å². The van der Waals surface area contributed by atoms with E-state index in [1.807, 2.05) is 4.90 Å². The van der Waals surface area contributed by atoms with Gasteiger partial charge in [-0.2, -0.15) is 0 Å². The van der Waals surface area contributed by atoms with Crippen molar-refractivity contribution in [2.75, 3.05) is 13.1 Å². The molecule has 0 spiro atoms. The van der Waals surface area contributed by atoms with Gasteiger partial charge in [0.05, 0.1) is 5.56 Å². The zero-order valence-electron chi connectivity index (χ0n) is 10.7. The van der Waals surface area contributed by atoms with Crippen LogP contribution in [0.1, 0.15) is 36.0 Å². The van der Waals surface area contributed by atoms with Crippen LogP contribution in [0.2, 0.25) is 0 Å². The third-order valence-electron chi connectivity index (χ3n) is 3.23. The molecule has 19 heavy (non-hydrogen) atoms. The summed E-state index contributed by atoms with van der Waals surface area (Å²) >= 11 is 5.23. The molecule has 1 saturated heterocycles. The van der Waals surface area contributed by atoms with Crippen LogP contribution in [0.3, 0.4) is 0 Å². The van der Waals surface area contributed by atoms with Gasteiger partial charge >= 0.3 is 0 Å². The van der Waals surface area contributed by atoms with Crippen LogP contribution in [0.4, 0.5) is 4.39 Å². The predicted molar refractivity (Wildman–Crippen MR) is 76.5 cm³/mol. The Bertz CT molecular complexity index is 470. The molecule has 1 heterocycles. The summed E-state index contributed by atoms with van der Waals surface area (Å²) in [6.07, 6.45) is 4.55. The Kier molecular flexibility index (Phi) is 4.85. The smallest absolute Gasteiger partial charge is 0.260 e. The molecule has 5 heteroatoms. The molecule has 3 nitrogen and oxygen atoms in total. The Morgan fingerprint density at radius 2 is 1.79 bits per heavy atom. The first kappa shape index (κ1) is 13.9. The molecular formula is C14H17FN2OS. The molecule has 102 valence electrons. The predicted octanol–water partition coefficient (Wildman–Crippen LogP) is 2.72. The van der Waals surface area contributed by atoms with Crippen molar-refractivity contribution in [3.05, 3.63) is 35.6 Å². The van der Waals surface area contributed by atoms with Crippen molar-refractivity contribution >= 4 is 23.2 Å². The van der Waals surface area contributed by atoms with E-state index >= 15 is 0 Å². The van der Waals surface area contributed by atoms with Crippen LogP contribution in [0.25, 0.3) is 0 Å². The Hall–Kier alpha value is -1.49. The molecule has 2 rings (SSSR count). The lowest BCUT2D eigenvalue weighted by Crippen LogP contribution is -2.43. The van der Waals surface area contributed by atoms with Crippen LogP contribution in [-0.2, 0) is 0 Å². The van der Waals surface area contributed by atoms with Gasteiger partial charge in [0.1, 0.15) is 5.82 Å². The lowest BCUT2D eigenvalue weighted by Gasteiger charge is -2.23. The van der Waals surface area contributed by atoms with Crippen LogP contribution in [0, 0.1) is 5.82 Å². The molecule has 1 N–H and O–H groups in total. The summed E-state index contributed by atoms with van der Waals surface area (Å²) in [7, 11) is 0. The van der Waals surface area contributed by atoms with Gasteiger partial charge in [-0.15, -0.1) is 0 Å². The van der Waals surface area contributed by atoms with Crippen molar-refractivity contribution in [3.8, 4) is 0 Å². The molecule has 0 saturated carbocycles. The molecule has 0 bridgehead atoms.